The predicted molar refractivity (Wildman–Crippen MR) is 88.6 cm³/mol. The number of fused-ring (bicyclic) bond motifs is 1. The Morgan fingerprint density at radius 3 is 2.41 bits per heavy atom. The monoisotopic (exact) mass is 304 g/mol. The lowest BCUT2D eigenvalue weighted by molar-refractivity contribution is 0.133. The minimum Gasteiger partial charge on any atom is -0.436 e. The Kier molecular flexibility index (Phi) is 7.37. The van der Waals surface area contributed by atoms with Crippen LogP contribution in [0.2, 0.25) is 0 Å². The molecule has 0 aromatic carbocycles. The van der Waals surface area contributed by atoms with Gasteiger partial charge in [0.25, 0.3) is 0 Å². The molecule has 0 bridgehead atoms. The van der Waals surface area contributed by atoms with Gasteiger partial charge in [0, 0.05) is 6.20 Å². The second kappa shape index (κ2) is 9.57. The van der Waals surface area contributed by atoms with E-state index >= 15 is 0 Å². The van der Waals surface area contributed by atoms with E-state index in [2.05, 4.69) is 16.9 Å². The number of oxazole rings is 1. The lowest BCUT2D eigenvalue weighted by Gasteiger charge is -2.06. The fourth-order valence-corrected chi connectivity index (χ4v) is 2.70. The second-order valence-electron chi connectivity index (χ2n) is 6.01. The summed E-state index contributed by atoms with van der Waals surface area (Å²) < 4.78 is 5.54. The lowest BCUT2D eigenvalue weighted by atomic mass is 10.1. The van der Waals surface area contributed by atoms with Gasteiger partial charge in [-0.25, -0.2) is 4.98 Å². The minimum absolute atomic E-state index is 0.397. The van der Waals surface area contributed by atoms with Crippen molar-refractivity contribution in [1.29, 1.82) is 0 Å². The van der Waals surface area contributed by atoms with Crippen LogP contribution in [0.1, 0.15) is 83.1 Å². The first-order valence-corrected chi connectivity index (χ1v) is 8.70. The highest BCUT2D eigenvalue weighted by atomic mass is 16.4. The van der Waals surface area contributed by atoms with Gasteiger partial charge in [-0.3, -0.25) is 0 Å². The van der Waals surface area contributed by atoms with Gasteiger partial charge in [-0.2, -0.15) is 4.98 Å². The number of rotatable bonds is 11. The van der Waals surface area contributed by atoms with Crippen LogP contribution in [0.15, 0.2) is 22.7 Å². The van der Waals surface area contributed by atoms with Crippen molar-refractivity contribution >= 4 is 11.2 Å². The number of nitrogens with zero attached hydrogens (tertiary/aromatic N) is 2. The SMILES string of the molecule is CCCCCCCCCCCC(O)c1nc2ncccc2o1. The molecule has 2 aromatic rings. The van der Waals surface area contributed by atoms with Gasteiger partial charge in [-0.15, -0.1) is 0 Å². The Bertz CT molecular complexity index is 506. The van der Waals surface area contributed by atoms with Crippen molar-refractivity contribution in [2.45, 2.75) is 77.2 Å². The number of pyridine rings is 1. The summed E-state index contributed by atoms with van der Waals surface area (Å²) >= 11 is 0. The van der Waals surface area contributed by atoms with Crippen LogP contribution in [0.5, 0.6) is 0 Å². The normalized spacial score (nSPS) is 12.8. The van der Waals surface area contributed by atoms with Crippen LogP contribution in [0.4, 0.5) is 0 Å². The van der Waals surface area contributed by atoms with Gasteiger partial charge >= 0.3 is 0 Å². The largest absolute Gasteiger partial charge is 0.436 e. The number of hydrogen-bond donors (Lipinski definition) is 1. The minimum atomic E-state index is -0.612. The molecule has 0 fully saturated rings. The first-order chi connectivity index (χ1) is 10.8. The van der Waals surface area contributed by atoms with Crippen LogP contribution in [0, 0.1) is 0 Å². The van der Waals surface area contributed by atoms with Gasteiger partial charge in [0.05, 0.1) is 0 Å². The Balaban J connectivity index is 1.58. The van der Waals surface area contributed by atoms with E-state index in [-0.39, 0.29) is 0 Å². The fraction of sp³-hybridized carbons (Fsp3) is 0.667. The molecule has 1 unspecified atom stereocenters. The zero-order valence-electron chi connectivity index (χ0n) is 13.6. The summed E-state index contributed by atoms with van der Waals surface area (Å²) in [7, 11) is 0. The predicted octanol–water partition coefficient (Wildman–Crippen LogP) is 5.18. The Morgan fingerprint density at radius 2 is 1.73 bits per heavy atom. The van der Waals surface area contributed by atoms with Gasteiger partial charge in [0.1, 0.15) is 6.10 Å². The molecule has 0 amide bonds. The third-order valence-corrected chi connectivity index (χ3v) is 4.05. The van der Waals surface area contributed by atoms with Gasteiger partial charge in [-0.05, 0) is 18.6 Å². The van der Waals surface area contributed by atoms with Gasteiger partial charge in [0.2, 0.25) is 5.89 Å². The van der Waals surface area contributed by atoms with Gasteiger partial charge in [0.15, 0.2) is 11.2 Å². The molecule has 1 atom stereocenters. The molecule has 2 rings (SSSR count). The van der Waals surface area contributed by atoms with E-state index in [0.29, 0.717) is 23.5 Å². The molecule has 0 aliphatic heterocycles. The molecule has 22 heavy (non-hydrogen) atoms. The van der Waals surface area contributed by atoms with Crippen molar-refractivity contribution in [3.63, 3.8) is 0 Å². The Morgan fingerprint density at radius 1 is 1.05 bits per heavy atom. The second-order valence-corrected chi connectivity index (χ2v) is 6.01. The zero-order chi connectivity index (χ0) is 15.6. The molecule has 0 saturated carbocycles. The van der Waals surface area contributed by atoms with Crippen LogP contribution in [0.25, 0.3) is 11.2 Å². The molecule has 4 heteroatoms. The molecule has 0 aliphatic rings. The average Bonchev–Trinajstić information content (AvgIpc) is 2.97. The summed E-state index contributed by atoms with van der Waals surface area (Å²) in [4.78, 5) is 8.36. The maximum Gasteiger partial charge on any atom is 0.225 e. The number of aliphatic hydroxyl groups excluding tert-OH is 1. The molecule has 2 heterocycles. The van der Waals surface area contributed by atoms with Crippen LogP contribution in [-0.4, -0.2) is 15.1 Å². The highest BCUT2D eigenvalue weighted by molar-refractivity contribution is 5.66. The van der Waals surface area contributed by atoms with E-state index in [9.17, 15) is 5.11 Å². The van der Waals surface area contributed by atoms with Crippen molar-refractivity contribution in [1.82, 2.24) is 9.97 Å². The molecule has 0 spiro atoms. The smallest absolute Gasteiger partial charge is 0.225 e. The highest BCUT2D eigenvalue weighted by Crippen LogP contribution is 2.23. The molecule has 0 aliphatic carbocycles. The Hall–Kier alpha value is -1.42. The van der Waals surface area contributed by atoms with E-state index in [1.807, 2.05) is 12.1 Å². The standard InChI is InChI=1S/C18H28N2O2/c1-2-3-4-5-6-7-8-9-10-12-15(21)18-20-17-16(22-18)13-11-14-19-17/h11,13-15,21H,2-10,12H2,1H3. The summed E-state index contributed by atoms with van der Waals surface area (Å²) in [5.74, 6) is 0.397. The summed E-state index contributed by atoms with van der Waals surface area (Å²) in [5.41, 5.74) is 1.22. The summed E-state index contributed by atoms with van der Waals surface area (Å²) in [5, 5.41) is 10.1. The number of aliphatic hydroxyl groups is 1. The quantitative estimate of drug-likeness (QED) is 0.581. The maximum atomic E-state index is 10.1. The van der Waals surface area contributed by atoms with E-state index in [0.717, 1.165) is 6.42 Å². The molecule has 4 nitrogen and oxygen atoms in total. The summed E-state index contributed by atoms with van der Waals surface area (Å²) in [6, 6.07) is 3.63. The molecule has 2 aromatic heterocycles. The van der Waals surface area contributed by atoms with Crippen molar-refractivity contribution < 1.29 is 9.52 Å². The summed E-state index contributed by atoms with van der Waals surface area (Å²) in [6.45, 7) is 2.25. The number of aromatic nitrogens is 2. The van der Waals surface area contributed by atoms with Crippen molar-refractivity contribution in [3.05, 3.63) is 24.2 Å². The average molecular weight is 304 g/mol. The molecular weight excluding hydrogens is 276 g/mol. The topological polar surface area (TPSA) is 59.2 Å². The highest BCUT2D eigenvalue weighted by Gasteiger charge is 2.15. The van der Waals surface area contributed by atoms with E-state index in [4.69, 9.17) is 4.42 Å². The van der Waals surface area contributed by atoms with E-state index in [1.54, 1.807) is 6.20 Å². The molecule has 0 radical (unpaired) electrons. The third-order valence-electron chi connectivity index (χ3n) is 4.05. The van der Waals surface area contributed by atoms with Crippen molar-refractivity contribution in [2.75, 3.05) is 0 Å². The van der Waals surface area contributed by atoms with Crippen LogP contribution < -0.4 is 0 Å². The van der Waals surface area contributed by atoms with Gasteiger partial charge < -0.3 is 9.52 Å². The van der Waals surface area contributed by atoms with Crippen LogP contribution in [0.3, 0.4) is 0 Å². The van der Waals surface area contributed by atoms with Crippen LogP contribution >= 0.6 is 0 Å². The summed E-state index contributed by atoms with van der Waals surface area (Å²) in [6.07, 6.45) is 13.3. The lowest BCUT2D eigenvalue weighted by Crippen LogP contribution is -1.97. The van der Waals surface area contributed by atoms with Crippen molar-refractivity contribution in [3.8, 4) is 0 Å². The third kappa shape index (κ3) is 5.41. The molecular formula is C18H28N2O2. The Labute approximate surface area is 133 Å². The fourth-order valence-electron chi connectivity index (χ4n) is 2.70. The van der Waals surface area contributed by atoms with Crippen LogP contribution in [-0.2, 0) is 0 Å². The van der Waals surface area contributed by atoms with Gasteiger partial charge in [-0.1, -0.05) is 64.7 Å². The first-order valence-electron chi connectivity index (χ1n) is 8.70. The molecule has 1 N–H and O–H groups in total. The van der Waals surface area contributed by atoms with E-state index < -0.39 is 6.10 Å². The van der Waals surface area contributed by atoms with E-state index in [1.165, 1.54) is 51.4 Å². The number of hydrogen-bond acceptors (Lipinski definition) is 4. The first kappa shape index (κ1) is 16.9. The number of unbranched alkanes of at least 4 members (excludes halogenated alkanes) is 8. The van der Waals surface area contributed by atoms with Crippen molar-refractivity contribution in [2.24, 2.45) is 0 Å². The maximum absolute atomic E-state index is 10.1. The molecule has 0 saturated heterocycles. The zero-order valence-corrected chi connectivity index (χ0v) is 13.6. The molecule has 122 valence electrons.